The van der Waals surface area contributed by atoms with Crippen molar-refractivity contribution < 1.29 is 0 Å². The first-order valence-corrected chi connectivity index (χ1v) is 4.10. The highest BCUT2D eigenvalue weighted by Crippen LogP contribution is 2.19. The standard InChI is InChI=1S/C8H21N3/c1-8(2,4-5-9)6-11(3)7-10/h4-7,9-10H2,1-3H3. The lowest BCUT2D eigenvalue weighted by Crippen LogP contribution is -2.36. The molecule has 3 nitrogen and oxygen atoms in total. The van der Waals surface area contributed by atoms with Crippen LogP contribution in [0.5, 0.6) is 0 Å². The summed E-state index contributed by atoms with van der Waals surface area (Å²) < 4.78 is 0. The Labute approximate surface area is 69.7 Å². The van der Waals surface area contributed by atoms with E-state index >= 15 is 0 Å². The summed E-state index contributed by atoms with van der Waals surface area (Å²) in [6, 6.07) is 0. The minimum atomic E-state index is 0.295. The van der Waals surface area contributed by atoms with Crippen molar-refractivity contribution in [3.8, 4) is 0 Å². The molecule has 0 aromatic heterocycles. The van der Waals surface area contributed by atoms with E-state index in [1.807, 2.05) is 7.05 Å². The zero-order valence-corrected chi connectivity index (χ0v) is 7.93. The second kappa shape index (κ2) is 4.70. The summed E-state index contributed by atoms with van der Waals surface area (Å²) in [7, 11) is 2.03. The van der Waals surface area contributed by atoms with Gasteiger partial charge in [0.2, 0.25) is 0 Å². The van der Waals surface area contributed by atoms with E-state index in [0.717, 1.165) is 19.5 Å². The van der Waals surface area contributed by atoms with E-state index in [2.05, 4.69) is 18.7 Å². The van der Waals surface area contributed by atoms with E-state index < -0.39 is 0 Å². The van der Waals surface area contributed by atoms with Gasteiger partial charge in [-0.1, -0.05) is 13.8 Å². The van der Waals surface area contributed by atoms with Crippen LogP contribution in [-0.2, 0) is 0 Å². The van der Waals surface area contributed by atoms with E-state index in [1.165, 1.54) is 0 Å². The predicted octanol–water partition coefficient (Wildman–Crippen LogP) is 0.209. The molecule has 0 atom stereocenters. The van der Waals surface area contributed by atoms with Gasteiger partial charge in [0.1, 0.15) is 0 Å². The van der Waals surface area contributed by atoms with Gasteiger partial charge in [0, 0.05) is 13.2 Å². The van der Waals surface area contributed by atoms with Crippen LogP contribution in [0.1, 0.15) is 20.3 Å². The normalized spacial score (nSPS) is 12.5. The molecule has 0 saturated heterocycles. The fourth-order valence-electron chi connectivity index (χ4n) is 1.27. The minimum absolute atomic E-state index is 0.295. The Hall–Kier alpha value is -0.120. The second-order valence-corrected chi connectivity index (χ2v) is 3.90. The Balaban J connectivity index is 3.70. The lowest BCUT2D eigenvalue weighted by Gasteiger charge is -2.28. The van der Waals surface area contributed by atoms with Gasteiger partial charge in [-0.05, 0) is 25.4 Å². The number of nitrogens with two attached hydrogens (primary N) is 2. The van der Waals surface area contributed by atoms with Crippen LogP contribution in [0.3, 0.4) is 0 Å². The van der Waals surface area contributed by atoms with Crippen LogP contribution in [0.15, 0.2) is 0 Å². The van der Waals surface area contributed by atoms with Crippen molar-refractivity contribution in [1.29, 1.82) is 0 Å². The molecule has 4 N–H and O–H groups in total. The second-order valence-electron chi connectivity index (χ2n) is 3.90. The molecule has 0 aliphatic carbocycles. The number of rotatable bonds is 5. The van der Waals surface area contributed by atoms with Gasteiger partial charge in [0.15, 0.2) is 0 Å². The van der Waals surface area contributed by atoms with Gasteiger partial charge in [-0.2, -0.15) is 0 Å². The molecule has 0 aliphatic rings. The van der Waals surface area contributed by atoms with Crippen LogP contribution in [0.4, 0.5) is 0 Å². The van der Waals surface area contributed by atoms with E-state index in [-0.39, 0.29) is 0 Å². The molecule has 0 aromatic rings. The predicted molar refractivity (Wildman–Crippen MR) is 49.1 cm³/mol. The Morgan fingerprint density at radius 2 is 1.82 bits per heavy atom. The topological polar surface area (TPSA) is 55.3 Å². The summed E-state index contributed by atoms with van der Waals surface area (Å²) >= 11 is 0. The maximum Gasteiger partial charge on any atom is 0.0452 e. The quantitative estimate of drug-likeness (QED) is 0.564. The van der Waals surface area contributed by atoms with Crippen LogP contribution in [0, 0.1) is 5.41 Å². The van der Waals surface area contributed by atoms with Crippen molar-refractivity contribution in [2.75, 3.05) is 26.8 Å². The first-order chi connectivity index (χ1) is 5.02. The molecule has 0 rings (SSSR count). The van der Waals surface area contributed by atoms with Gasteiger partial charge in [0.05, 0.1) is 0 Å². The number of hydrogen-bond acceptors (Lipinski definition) is 3. The van der Waals surface area contributed by atoms with Gasteiger partial charge in [0.25, 0.3) is 0 Å². The summed E-state index contributed by atoms with van der Waals surface area (Å²) in [4.78, 5) is 2.11. The molecule has 0 fully saturated rings. The smallest absolute Gasteiger partial charge is 0.0452 e. The molecule has 0 spiro atoms. The highest BCUT2D eigenvalue weighted by atomic mass is 15.1. The zero-order chi connectivity index (χ0) is 8.91. The van der Waals surface area contributed by atoms with Crippen molar-refractivity contribution in [3.05, 3.63) is 0 Å². The van der Waals surface area contributed by atoms with Crippen molar-refractivity contribution in [3.63, 3.8) is 0 Å². The van der Waals surface area contributed by atoms with E-state index in [0.29, 0.717) is 12.1 Å². The Kier molecular flexibility index (Phi) is 4.65. The third kappa shape index (κ3) is 5.18. The SMILES string of the molecule is CN(CN)CC(C)(C)CCN. The molecule has 0 aliphatic heterocycles. The maximum atomic E-state index is 5.48. The molecule has 0 heterocycles. The highest BCUT2D eigenvalue weighted by Gasteiger charge is 2.17. The average molecular weight is 159 g/mol. The molecule has 3 heteroatoms. The third-order valence-electron chi connectivity index (χ3n) is 1.83. The van der Waals surface area contributed by atoms with E-state index in [4.69, 9.17) is 11.5 Å². The average Bonchev–Trinajstić information content (AvgIpc) is 1.86. The molecule has 0 radical (unpaired) electrons. The molecule has 0 bridgehead atoms. The fraction of sp³-hybridized carbons (Fsp3) is 1.00. The third-order valence-corrected chi connectivity index (χ3v) is 1.83. The molecule has 11 heavy (non-hydrogen) atoms. The Bertz CT molecular complexity index is 102. The van der Waals surface area contributed by atoms with Gasteiger partial charge >= 0.3 is 0 Å². The molecular formula is C8H21N3. The van der Waals surface area contributed by atoms with Crippen LogP contribution < -0.4 is 11.5 Å². The van der Waals surface area contributed by atoms with Crippen LogP contribution in [-0.4, -0.2) is 31.7 Å². The van der Waals surface area contributed by atoms with E-state index in [9.17, 15) is 0 Å². The maximum absolute atomic E-state index is 5.48. The zero-order valence-electron chi connectivity index (χ0n) is 7.93. The van der Waals surface area contributed by atoms with Crippen LogP contribution in [0.25, 0.3) is 0 Å². The summed E-state index contributed by atoms with van der Waals surface area (Å²) in [5.41, 5.74) is 11.2. The Morgan fingerprint density at radius 1 is 1.27 bits per heavy atom. The minimum Gasteiger partial charge on any atom is -0.330 e. The fourth-order valence-corrected chi connectivity index (χ4v) is 1.27. The lowest BCUT2D eigenvalue weighted by atomic mass is 9.89. The number of hydrogen-bond donors (Lipinski definition) is 2. The van der Waals surface area contributed by atoms with Crippen molar-refractivity contribution >= 4 is 0 Å². The summed E-state index contributed by atoms with van der Waals surface area (Å²) in [6.45, 7) is 6.82. The van der Waals surface area contributed by atoms with Gasteiger partial charge in [-0.3, -0.25) is 4.90 Å². The molecule has 0 amide bonds. The first-order valence-electron chi connectivity index (χ1n) is 4.10. The highest BCUT2D eigenvalue weighted by molar-refractivity contribution is 4.71. The number of nitrogens with zero attached hydrogens (tertiary/aromatic N) is 1. The van der Waals surface area contributed by atoms with Crippen molar-refractivity contribution in [2.45, 2.75) is 20.3 Å². The lowest BCUT2D eigenvalue weighted by molar-refractivity contribution is 0.204. The molecule has 0 saturated carbocycles. The molecule has 0 aromatic carbocycles. The van der Waals surface area contributed by atoms with Gasteiger partial charge in [-0.25, -0.2) is 0 Å². The molecule has 0 unspecified atom stereocenters. The first kappa shape index (κ1) is 10.9. The van der Waals surface area contributed by atoms with Crippen molar-refractivity contribution in [2.24, 2.45) is 16.9 Å². The van der Waals surface area contributed by atoms with Crippen LogP contribution in [0.2, 0.25) is 0 Å². The summed E-state index contributed by atoms with van der Waals surface area (Å²) in [5.74, 6) is 0. The summed E-state index contributed by atoms with van der Waals surface area (Å²) in [6.07, 6.45) is 1.05. The largest absolute Gasteiger partial charge is 0.330 e. The van der Waals surface area contributed by atoms with Crippen molar-refractivity contribution in [1.82, 2.24) is 4.90 Å². The van der Waals surface area contributed by atoms with Gasteiger partial charge < -0.3 is 11.5 Å². The monoisotopic (exact) mass is 159 g/mol. The van der Waals surface area contributed by atoms with Gasteiger partial charge in [-0.15, -0.1) is 0 Å². The molecular weight excluding hydrogens is 138 g/mol. The summed E-state index contributed by atoms with van der Waals surface area (Å²) in [5, 5.41) is 0. The molecule has 68 valence electrons. The Morgan fingerprint density at radius 3 is 2.18 bits per heavy atom. The van der Waals surface area contributed by atoms with Crippen LogP contribution >= 0.6 is 0 Å². The van der Waals surface area contributed by atoms with E-state index in [1.54, 1.807) is 0 Å².